The summed E-state index contributed by atoms with van der Waals surface area (Å²) in [5.41, 5.74) is 21.7. The van der Waals surface area contributed by atoms with E-state index < -0.39 is 11.4 Å². The van der Waals surface area contributed by atoms with Gasteiger partial charge in [0, 0.05) is 13.1 Å². The third-order valence-corrected chi connectivity index (χ3v) is 2.92. The number of carbonyl (C=O) groups is 1. The van der Waals surface area contributed by atoms with Crippen LogP contribution in [-0.2, 0) is 10.3 Å². The van der Waals surface area contributed by atoms with Crippen molar-refractivity contribution in [2.45, 2.75) is 5.54 Å². The lowest BCUT2D eigenvalue weighted by molar-refractivity contribution is -0.122. The molecule has 0 bridgehead atoms. The highest BCUT2D eigenvalue weighted by molar-refractivity contribution is 6.08. The summed E-state index contributed by atoms with van der Waals surface area (Å²) in [6, 6.07) is 0. The number of guanidine groups is 1. The van der Waals surface area contributed by atoms with E-state index in [1.54, 1.807) is 24.3 Å². The Morgan fingerprint density at radius 3 is 2.48 bits per heavy atom. The topological polar surface area (TPSA) is 174 Å². The van der Waals surface area contributed by atoms with Gasteiger partial charge >= 0.3 is 0 Å². The number of nitrogen functional groups attached to an aromatic ring is 1. The lowest BCUT2D eigenvalue weighted by Gasteiger charge is -2.18. The first-order chi connectivity index (χ1) is 10.0. The Hall–Kier alpha value is -2.65. The number of amides is 1. The van der Waals surface area contributed by atoms with Crippen LogP contribution in [-0.4, -0.2) is 34.9 Å². The van der Waals surface area contributed by atoms with Crippen molar-refractivity contribution in [1.29, 1.82) is 0 Å². The predicted molar refractivity (Wildman–Crippen MR) is 80.7 cm³/mol. The van der Waals surface area contributed by atoms with Crippen molar-refractivity contribution in [2.24, 2.45) is 22.2 Å². The van der Waals surface area contributed by atoms with E-state index in [1.807, 2.05) is 0 Å². The van der Waals surface area contributed by atoms with Crippen molar-refractivity contribution in [3.05, 3.63) is 29.6 Å². The number of nitrogens with zero attached hydrogens (tertiary/aromatic N) is 2. The second kappa shape index (κ2) is 5.77. The van der Waals surface area contributed by atoms with Gasteiger partial charge in [0.2, 0.25) is 5.54 Å². The van der Waals surface area contributed by atoms with E-state index in [-0.39, 0.29) is 18.5 Å². The molecule has 1 atom stereocenters. The van der Waals surface area contributed by atoms with Gasteiger partial charge in [0.15, 0.2) is 11.9 Å². The SMILES string of the molecule is NC/C=C/c1nc(N)[nH]c1C1(/C=C/CN)N=C(N)NC1=O. The van der Waals surface area contributed by atoms with Gasteiger partial charge in [-0.15, -0.1) is 0 Å². The van der Waals surface area contributed by atoms with Crippen LogP contribution in [0.5, 0.6) is 0 Å². The van der Waals surface area contributed by atoms with E-state index in [9.17, 15) is 4.79 Å². The number of anilines is 1. The Morgan fingerprint density at radius 2 is 1.90 bits per heavy atom. The van der Waals surface area contributed by atoms with Gasteiger partial charge in [-0.2, -0.15) is 0 Å². The standard InChI is InChI=1S/C12H18N8O/c13-5-1-3-7-8(18-10(15)17-7)12(4-2-6-14)9(21)19-11(16)20-12/h1-4H,5-6,13-14H2,(H3,15,17,18)(H3,16,19,20,21)/b3-1+,4-2+. The van der Waals surface area contributed by atoms with Gasteiger partial charge in [-0.1, -0.05) is 12.2 Å². The number of imidazole rings is 1. The number of rotatable bonds is 5. The van der Waals surface area contributed by atoms with E-state index in [1.165, 1.54) is 0 Å². The largest absolute Gasteiger partial charge is 0.370 e. The second-order valence-corrected chi connectivity index (χ2v) is 4.38. The zero-order chi connectivity index (χ0) is 15.5. The number of nitrogens with two attached hydrogens (primary N) is 4. The summed E-state index contributed by atoms with van der Waals surface area (Å²) in [5.74, 6) is -0.227. The van der Waals surface area contributed by atoms with Gasteiger partial charge in [0.25, 0.3) is 5.91 Å². The molecule has 112 valence electrons. The summed E-state index contributed by atoms with van der Waals surface area (Å²) < 4.78 is 0. The minimum Gasteiger partial charge on any atom is -0.370 e. The van der Waals surface area contributed by atoms with E-state index in [0.717, 1.165) is 0 Å². The molecule has 9 nitrogen and oxygen atoms in total. The number of carbonyl (C=O) groups excluding carboxylic acids is 1. The maximum absolute atomic E-state index is 12.3. The molecule has 2 heterocycles. The van der Waals surface area contributed by atoms with Crippen LogP contribution in [0.1, 0.15) is 11.4 Å². The number of nitrogens with one attached hydrogen (secondary N) is 2. The Labute approximate surface area is 121 Å². The molecule has 1 unspecified atom stereocenters. The van der Waals surface area contributed by atoms with Crippen molar-refractivity contribution >= 4 is 23.9 Å². The van der Waals surface area contributed by atoms with Gasteiger partial charge < -0.3 is 27.9 Å². The van der Waals surface area contributed by atoms with Gasteiger partial charge in [-0.25, -0.2) is 9.98 Å². The molecule has 0 saturated heterocycles. The Balaban J connectivity index is 2.60. The molecule has 10 N–H and O–H groups in total. The van der Waals surface area contributed by atoms with Crippen molar-refractivity contribution in [3.63, 3.8) is 0 Å². The fourth-order valence-corrected chi connectivity index (χ4v) is 2.08. The predicted octanol–water partition coefficient (Wildman–Crippen LogP) is -1.88. The minimum atomic E-state index is -1.36. The van der Waals surface area contributed by atoms with Gasteiger partial charge in [0.05, 0.1) is 11.4 Å². The molecule has 1 aliphatic rings. The summed E-state index contributed by atoms with van der Waals surface area (Å²) in [7, 11) is 0. The Morgan fingerprint density at radius 1 is 1.19 bits per heavy atom. The number of hydrogen-bond acceptors (Lipinski definition) is 7. The van der Waals surface area contributed by atoms with Crippen molar-refractivity contribution in [1.82, 2.24) is 15.3 Å². The van der Waals surface area contributed by atoms with Gasteiger partial charge in [0.1, 0.15) is 0 Å². The molecule has 1 aliphatic heterocycles. The molecule has 1 amide bonds. The summed E-state index contributed by atoms with van der Waals surface area (Å²) in [4.78, 5) is 23.5. The van der Waals surface area contributed by atoms with E-state index in [2.05, 4.69) is 20.3 Å². The van der Waals surface area contributed by atoms with E-state index in [0.29, 0.717) is 17.9 Å². The van der Waals surface area contributed by atoms with E-state index in [4.69, 9.17) is 22.9 Å². The van der Waals surface area contributed by atoms with Crippen LogP contribution in [0.4, 0.5) is 5.95 Å². The molecule has 1 aromatic rings. The highest BCUT2D eigenvalue weighted by Crippen LogP contribution is 2.33. The van der Waals surface area contributed by atoms with Crippen LogP contribution >= 0.6 is 0 Å². The van der Waals surface area contributed by atoms with Crippen LogP contribution in [0.15, 0.2) is 23.2 Å². The molecule has 0 radical (unpaired) electrons. The number of hydrogen-bond donors (Lipinski definition) is 6. The molecule has 21 heavy (non-hydrogen) atoms. The molecule has 0 aliphatic carbocycles. The number of aliphatic imine (C=N–C) groups is 1. The second-order valence-electron chi connectivity index (χ2n) is 4.38. The van der Waals surface area contributed by atoms with Gasteiger partial charge in [-0.3, -0.25) is 10.1 Å². The first-order valence-electron chi connectivity index (χ1n) is 6.30. The first-order valence-corrected chi connectivity index (χ1v) is 6.30. The zero-order valence-electron chi connectivity index (χ0n) is 11.3. The summed E-state index contributed by atoms with van der Waals surface area (Å²) in [5, 5.41) is 2.47. The van der Waals surface area contributed by atoms with E-state index >= 15 is 0 Å². The maximum atomic E-state index is 12.3. The molecular formula is C12H18N8O. The normalized spacial score (nSPS) is 22.2. The average molecular weight is 290 g/mol. The summed E-state index contributed by atoms with van der Waals surface area (Å²) in [6.07, 6.45) is 6.54. The van der Waals surface area contributed by atoms with Crippen molar-refractivity contribution < 1.29 is 4.79 Å². The van der Waals surface area contributed by atoms with Crippen LogP contribution in [0.25, 0.3) is 6.08 Å². The molecule has 2 rings (SSSR count). The van der Waals surface area contributed by atoms with Crippen LogP contribution in [0.3, 0.4) is 0 Å². The summed E-state index contributed by atoms with van der Waals surface area (Å²) in [6.45, 7) is 0.581. The quantitative estimate of drug-likeness (QED) is 0.346. The third-order valence-electron chi connectivity index (χ3n) is 2.92. The lowest BCUT2D eigenvalue weighted by Crippen LogP contribution is -2.38. The smallest absolute Gasteiger partial charge is 0.264 e. The average Bonchev–Trinajstić information content (AvgIpc) is 2.95. The fourth-order valence-electron chi connectivity index (χ4n) is 2.08. The van der Waals surface area contributed by atoms with Crippen LogP contribution < -0.4 is 28.3 Å². The number of H-pyrrole nitrogens is 1. The maximum Gasteiger partial charge on any atom is 0.264 e. The Bertz CT molecular complexity index is 629. The first kappa shape index (κ1) is 14.8. The van der Waals surface area contributed by atoms with Crippen molar-refractivity contribution in [2.75, 3.05) is 18.8 Å². The highest BCUT2D eigenvalue weighted by Gasteiger charge is 2.45. The zero-order valence-corrected chi connectivity index (χ0v) is 11.3. The molecule has 0 aromatic carbocycles. The number of aromatic nitrogens is 2. The van der Waals surface area contributed by atoms with Gasteiger partial charge in [-0.05, 0) is 12.2 Å². The molecule has 1 aromatic heterocycles. The minimum absolute atomic E-state index is 0.0172. The molecule has 9 heteroatoms. The molecule has 0 fully saturated rings. The Kier molecular flexibility index (Phi) is 4.05. The van der Waals surface area contributed by atoms with Crippen molar-refractivity contribution in [3.8, 4) is 0 Å². The fraction of sp³-hybridized carbons (Fsp3) is 0.250. The monoisotopic (exact) mass is 290 g/mol. The number of aromatic amines is 1. The summed E-state index contributed by atoms with van der Waals surface area (Å²) >= 11 is 0. The highest BCUT2D eigenvalue weighted by atomic mass is 16.2. The van der Waals surface area contributed by atoms with Crippen LogP contribution in [0.2, 0.25) is 0 Å². The third kappa shape index (κ3) is 2.64. The molecule has 0 spiro atoms. The van der Waals surface area contributed by atoms with Crippen LogP contribution in [0, 0.1) is 0 Å². The molecule has 0 saturated carbocycles. The molecular weight excluding hydrogens is 272 g/mol. The lowest BCUT2D eigenvalue weighted by atomic mass is 9.93.